The van der Waals surface area contributed by atoms with Crippen LogP contribution >= 0.6 is 0 Å². The van der Waals surface area contributed by atoms with Gasteiger partial charge in [0, 0.05) is 12.3 Å². The topological polar surface area (TPSA) is 18.5 Å². The van der Waals surface area contributed by atoms with Crippen molar-refractivity contribution >= 4 is 0 Å². The Hall–Kier alpha value is -3.08. The van der Waals surface area contributed by atoms with Crippen LogP contribution < -0.4 is 0 Å². The summed E-state index contributed by atoms with van der Waals surface area (Å²) in [7, 11) is 0. The Morgan fingerprint density at radius 3 is 1.76 bits per heavy atom. The summed E-state index contributed by atoms with van der Waals surface area (Å²) >= 11 is 0. The number of aryl methyl sites for hydroxylation is 1. The lowest BCUT2D eigenvalue weighted by molar-refractivity contribution is -0.189. The summed E-state index contributed by atoms with van der Waals surface area (Å²) < 4.78 is 36.1. The summed E-state index contributed by atoms with van der Waals surface area (Å²) in [5.74, 6) is 0.256. The Morgan fingerprint density at radius 1 is 0.765 bits per heavy atom. The normalized spacial score (nSPS) is 17.8. The molecule has 1 saturated heterocycles. The molecule has 2 nitrogen and oxygen atoms in total. The van der Waals surface area contributed by atoms with Crippen LogP contribution in [0.15, 0.2) is 97.6 Å². The third-order valence-electron chi connectivity index (χ3n) is 6.19. The van der Waals surface area contributed by atoms with Crippen LogP contribution in [0.3, 0.4) is 0 Å². The lowest BCUT2D eigenvalue weighted by atomic mass is 9.95. The first-order chi connectivity index (χ1) is 16.6. The average molecular weight is 461 g/mol. The molecule has 0 atom stereocenters. The molecule has 1 fully saturated rings. The number of benzene rings is 3. The molecule has 0 amide bonds. The van der Waals surface area contributed by atoms with Crippen molar-refractivity contribution < 1.29 is 18.3 Å². The highest BCUT2D eigenvalue weighted by atomic mass is 19.3. The molecule has 0 spiro atoms. The van der Waals surface area contributed by atoms with Gasteiger partial charge in [-0.1, -0.05) is 78.9 Å². The third-order valence-corrected chi connectivity index (χ3v) is 6.19. The lowest BCUT2D eigenvalue weighted by Gasteiger charge is -2.29. The van der Waals surface area contributed by atoms with Crippen LogP contribution in [0.25, 0.3) is 22.3 Å². The van der Waals surface area contributed by atoms with Gasteiger partial charge in [0.05, 0.1) is 13.2 Å². The van der Waals surface area contributed by atoms with Gasteiger partial charge in [-0.3, -0.25) is 0 Å². The minimum Gasteiger partial charge on any atom is -0.352 e. The van der Waals surface area contributed by atoms with E-state index < -0.39 is 6.08 Å². The summed E-state index contributed by atoms with van der Waals surface area (Å²) in [5.41, 5.74) is 6.85. The molecule has 34 heavy (non-hydrogen) atoms. The Morgan fingerprint density at radius 2 is 1.26 bits per heavy atom. The molecule has 0 N–H and O–H groups in total. The van der Waals surface area contributed by atoms with Crippen LogP contribution in [0, 0.1) is 0 Å². The van der Waals surface area contributed by atoms with E-state index >= 15 is 0 Å². The Kier molecular flexibility index (Phi) is 8.40. The van der Waals surface area contributed by atoms with Crippen molar-refractivity contribution in [3.05, 3.63) is 109 Å². The molecule has 0 saturated carbocycles. The number of allylic oxidation sites excluding steroid dienone is 2. The van der Waals surface area contributed by atoms with Gasteiger partial charge in [-0.25, -0.2) is 0 Å². The molecule has 4 heteroatoms. The maximum Gasteiger partial charge on any atom is 0.266 e. The first-order valence-corrected chi connectivity index (χ1v) is 11.8. The van der Waals surface area contributed by atoms with E-state index in [9.17, 15) is 8.78 Å². The van der Waals surface area contributed by atoms with Crippen LogP contribution in [0.2, 0.25) is 0 Å². The molecule has 1 aliphatic rings. The van der Waals surface area contributed by atoms with Crippen molar-refractivity contribution in [2.75, 3.05) is 13.2 Å². The highest BCUT2D eigenvalue weighted by Gasteiger charge is 2.22. The van der Waals surface area contributed by atoms with E-state index in [-0.39, 0.29) is 12.2 Å². The van der Waals surface area contributed by atoms with Gasteiger partial charge < -0.3 is 9.47 Å². The number of rotatable bonds is 9. The number of hydrogen-bond acceptors (Lipinski definition) is 2. The zero-order chi connectivity index (χ0) is 23.8. The standard InChI is InChI=1S/C30H30F2O2/c1-2-3-7-30-33-20-28(21-34-30)27-18-16-26(17-19-27)25-14-12-24(13-15-25)23-10-8-22(9-11-23)5-4-6-29(31)32/h2,6,8-19,28,30H,1,3-5,7,20-21H2. The molecule has 4 rings (SSSR count). The molecule has 0 radical (unpaired) electrons. The minimum absolute atomic E-state index is 0.119. The highest BCUT2D eigenvalue weighted by Crippen LogP contribution is 2.29. The van der Waals surface area contributed by atoms with E-state index in [0.29, 0.717) is 26.1 Å². The van der Waals surface area contributed by atoms with Gasteiger partial charge in [0.1, 0.15) is 0 Å². The predicted octanol–water partition coefficient (Wildman–Crippen LogP) is 8.16. The molecule has 3 aromatic carbocycles. The predicted molar refractivity (Wildman–Crippen MR) is 134 cm³/mol. The monoisotopic (exact) mass is 460 g/mol. The van der Waals surface area contributed by atoms with Crippen molar-refractivity contribution in [1.29, 1.82) is 0 Å². The Balaban J connectivity index is 1.35. The number of ether oxygens (including phenoxy) is 2. The largest absolute Gasteiger partial charge is 0.352 e. The van der Waals surface area contributed by atoms with Crippen LogP contribution in [-0.4, -0.2) is 19.5 Å². The van der Waals surface area contributed by atoms with Crippen LogP contribution in [0.5, 0.6) is 0 Å². The van der Waals surface area contributed by atoms with E-state index in [1.165, 1.54) is 11.1 Å². The van der Waals surface area contributed by atoms with Crippen molar-refractivity contribution in [3.8, 4) is 22.3 Å². The molecule has 1 aliphatic heterocycles. The molecule has 176 valence electrons. The first-order valence-electron chi connectivity index (χ1n) is 11.8. The minimum atomic E-state index is -1.61. The van der Waals surface area contributed by atoms with Crippen molar-refractivity contribution in [3.63, 3.8) is 0 Å². The second-order valence-corrected chi connectivity index (χ2v) is 8.59. The zero-order valence-corrected chi connectivity index (χ0v) is 19.3. The summed E-state index contributed by atoms with van der Waals surface area (Å²) in [4.78, 5) is 0. The number of hydrogen-bond donors (Lipinski definition) is 0. The van der Waals surface area contributed by atoms with Gasteiger partial charge in [0.15, 0.2) is 6.29 Å². The molecule has 0 aromatic heterocycles. The molecule has 0 unspecified atom stereocenters. The van der Waals surface area contributed by atoms with Crippen molar-refractivity contribution in [2.24, 2.45) is 0 Å². The highest BCUT2D eigenvalue weighted by molar-refractivity contribution is 5.70. The first kappa shape index (κ1) is 24.1. The SMILES string of the molecule is C=CCCC1OCC(c2ccc(-c3ccc(-c4ccc(CCC=C(F)F)cc4)cc3)cc2)CO1. The third kappa shape index (κ3) is 6.49. The maximum absolute atomic E-state index is 12.2. The quantitative estimate of drug-likeness (QED) is 0.300. The fraction of sp³-hybridized carbons (Fsp3) is 0.267. The molecule has 3 aromatic rings. The summed E-state index contributed by atoms with van der Waals surface area (Å²) in [5, 5.41) is 0. The van der Waals surface area contributed by atoms with Crippen molar-refractivity contribution in [1.82, 2.24) is 0 Å². The molecule has 0 bridgehead atoms. The molecular formula is C30H30F2O2. The van der Waals surface area contributed by atoms with Gasteiger partial charge in [-0.15, -0.1) is 6.58 Å². The molecular weight excluding hydrogens is 430 g/mol. The van der Waals surface area contributed by atoms with Gasteiger partial charge in [0.25, 0.3) is 6.08 Å². The van der Waals surface area contributed by atoms with Gasteiger partial charge >= 0.3 is 0 Å². The Bertz CT molecular complexity index is 1070. The van der Waals surface area contributed by atoms with Gasteiger partial charge in [-0.05, 0) is 58.7 Å². The van der Waals surface area contributed by atoms with E-state index in [1.54, 1.807) is 0 Å². The summed E-state index contributed by atoms with van der Waals surface area (Å²) in [6.45, 7) is 5.10. The fourth-order valence-corrected chi connectivity index (χ4v) is 4.17. The van der Waals surface area contributed by atoms with E-state index in [2.05, 4.69) is 55.1 Å². The van der Waals surface area contributed by atoms with Crippen LogP contribution in [0.4, 0.5) is 8.78 Å². The van der Waals surface area contributed by atoms with Gasteiger partial charge in [-0.2, -0.15) is 8.78 Å². The summed E-state index contributed by atoms with van der Waals surface area (Å²) in [6, 6.07) is 25.2. The van der Waals surface area contributed by atoms with Crippen LogP contribution in [0.1, 0.15) is 36.3 Å². The van der Waals surface area contributed by atoms with E-state index in [4.69, 9.17) is 9.47 Å². The fourth-order valence-electron chi connectivity index (χ4n) is 4.17. The summed E-state index contributed by atoms with van der Waals surface area (Å²) in [6.07, 6.45) is 3.85. The van der Waals surface area contributed by atoms with Crippen LogP contribution in [-0.2, 0) is 15.9 Å². The van der Waals surface area contributed by atoms with Crippen molar-refractivity contribution in [2.45, 2.75) is 37.9 Å². The van der Waals surface area contributed by atoms with Gasteiger partial charge in [0.2, 0.25) is 0 Å². The molecule has 0 aliphatic carbocycles. The Labute approximate surface area is 200 Å². The van der Waals surface area contributed by atoms with E-state index in [1.807, 2.05) is 30.3 Å². The molecule has 1 heterocycles. The smallest absolute Gasteiger partial charge is 0.266 e. The maximum atomic E-state index is 12.2. The second kappa shape index (κ2) is 11.9. The lowest BCUT2D eigenvalue weighted by Crippen LogP contribution is -2.30. The van der Waals surface area contributed by atoms with E-state index in [0.717, 1.165) is 41.2 Å². The number of halogens is 2. The second-order valence-electron chi connectivity index (χ2n) is 8.59. The average Bonchev–Trinajstić information content (AvgIpc) is 2.88. The zero-order valence-electron chi connectivity index (χ0n) is 19.3.